The van der Waals surface area contributed by atoms with E-state index in [1.54, 1.807) is 16.7 Å². The van der Waals surface area contributed by atoms with E-state index in [-0.39, 0.29) is 11.8 Å². The summed E-state index contributed by atoms with van der Waals surface area (Å²) in [6, 6.07) is 15.3. The molecule has 0 fully saturated rings. The number of halogens is 1. The van der Waals surface area contributed by atoms with Crippen LogP contribution >= 0.6 is 23.4 Å². The third-order valence-corrected chi connectivity index (χ3v) is 6.35. The van der Waals surface area contributed by atoms with Crippen LogP contribution in [0.2, 0.25) is 5.02 Å². The summed E-state index contributed by atoms with van der Waals surface area (Å²) in [4.78, 5) is 28.9. The number of amides is 2. The molecular formula is C25H33ClN2O2S. The molecule has 2 aromatic carbocycles. The summed E-state index contributed by atoms with van der Waals surface area (Å²) in [6.07, 6.45) is 2.90. The number of aryl methyl sites for hydroxylation is 1. The van der Waals surface area contributed by atoms with Gasteiger partial charge < -0.3 is 10.2 Å². The zero-order valence-corrected chi connectivity index (χ0v) is 20.3. The SMILES string of the molecule is CCCCNC(=O)C(CC)N(Cc1ccc(Cl)cc1)C(=O)CCSc1ccc(C)cc1. The maximum Gasteiger partial charge on any atom is 0.242 e. The molecule has 0 aliphatic rings. The average molecular weight is 461 g/mol. The molecule has 0 spiro atoms. The Labute approximate surface area is 195 Å². The molecule has 0 bridgehead atoms. The number of carbonyl (C=O) groups excluding carboxylic acids is 2. The van der Waals surface area contributed by atoms with Crippen molar-refractivity contribution in [3.05, 3.63) is 64.7 Å². The van der Waals surface area contributed by atoms with Crippen LogP contribution in [-0.4, -0.2) is 35.1 Å². The largest absolute Gasteiger partial charge is 0.354 e. The molecule has 168 valence electrons. The molecule has 1 N–H and O–H groups in total. The molecule has 2 aromatic rings. The van der Waals surface area contributed by atoms with Crippen molar-refractivity contribution in [2.75, 3.05) is 12.3 Å². The Morgan fingerprint density at radius 2 is 1.74 bits per heavy atom. The van der Waals surface area contributed by atoms with Crippen molar-refractivity contribution in [1.82, 2.24) is 10.2 Å². The lowest BCUT2D eigenvalue weighted by Crippen LogP contribution is -2.49. The molecule has 4 nitrogen and oxygen atoms in total. The number of thioether (sulfide) groups is 1. The maximum absolute atomic E-state index is 13.2. The van der Waals surface area contributed by atoms with Gasteiger partial charge in [-0.1, -0.05) is 61.7 Å². The van der Waals surface area contributed by atoms with Gasteiger partial charge >= 0.3 is 0 Å². The zero-order chi connectivity index (χ0) is 22.6. The standard InChI is InChI=1S/C25H33ClN2O2S/c1-4-6-16-27-25(30)23(5-2)28(18-20-9-11-21(26)12-10-20)24(29)15-17-31-22-13-7-19(3)8-14-22/h7-14,23H,4-6,15-18H2,1-3H3,(H,27,30). The zero-order valence-electron chi connectivity index (χ0n) is 18.7. The van der Waals surface area contributed by atoms with E-state index in [9.17, 15) is 9.59 Å². The van der Waals surface area contributed by atoms with Crippen molar-refractivity contribution in [2.24, 2.45) is 0 Å². The molecule has 6 heteroatoms. The van der Waals surface area contributed by atoms with Gasteiger partial charge in [-0.2, -0.15) is 0 Å². The van der Waals surface area contributed by atoms with E-state index in [1.807, 2.05) is 31.2 Å². The van der Waals surface area contributed by atoms with Gasteiger partial charge in [0.1, 0.15) is 6.04 Å². The predicted octanol–water partition coefficient (Wildman–Crippen LogP) is 5.85. The first-order valence-electron chi connectivity index (χ1n) is 11.0. The minimum Gasteiger partial charge on any atom is -0.354 e. The molecule has 0 saturated carbocycles. The number of nitrogens with zero attached hydrogens (tertiary/aromatic N) is 1. The Morgan fingerprint density at radius 1 is 1.06 bits per heavy atom. The fourth-order valence-electron chi connectivity index (χ4n) is 3.25. The molecule has 0 heterocycles. The molecule has 0 saturated heterocycles. The minimum atomic E-state index is -0.482. The number of nitrogens with one attached hydrogen (secondary N) is 1. The van der Waals surface area contributed by atoms with Gasteiger partial charge in [-0.25, -0.2) is 0 Å². The van der Waals surface area contributed by atoms with Crippen molar-refractivity contribution >= 4 is 35.2 Å². The molecule has 2 rings (SSSR count). The van der Waals surface area contributed by atoms with Crippen LogP contribution in [0.3, 0.4) is 0 Å². The van der Waals surface area contributed by atoms with Crippen molar-refractivity contribution in [3.63, 3.8) is 0 Å². The second kappa shape index (κ2) is 13.4. The summed E-state index contributed by atoms with van der Waals surface area (Å²) >= 11 is 7.67. The number of hydrogen-bond acceptors (Lipinski definition) is 3. The van der Waals surface area contributed by atoms with E-state index in [1.165, 1.54) is 5.56 Å². The first-order valence-corrected chi connectivity index (χ1v) is 12.3. The van der Waals surface area contributed by atoms with E-state index in [4.69, 9.17) is 11.6 Å². The number of hydrogen-bond donors (Lipinski definition) is 1. The lowest BCUT2D eigenvalue weighted by Gasteiger charge is -2.30. The summed E-state index contributed by atoms with van der Waals surface area (Å²) in [7, 11) is 0. The van der Waals surface area contributed by atoms with Gasteiger partial charge in [-0.3, -0.25) is 9.59 Å². The first kappa shape index (κ1) is 25.3. The molecule has 0 aromatic heterocycles. The van der Waals surface area contributed by atoms with Gasteiger partial charge in [0.25, 0.3) is 0 Å². The van der Waals surface area contributed by atoms with Crippen LogP contribution in [0.1, 0.15) is 50.7 Å². The van der Waals surface area contributed by atoms with Crippen molar-refractivity contribution < 1.29 is 9.59 Å². The number of rotatable bonds is 12. The van der Waals surface area contributed by atoms with Crippen LogP contribution in [0.5, 0.6) is 0 Å². The van der Waals surface area contributed by atoms with Gasteiger partial charge in [0.15, 0.2) is 0 Å². The third kappa shape index (κ3) is 8.58. The Hall–Kier alpha value is -1.98. The van der Waals surface area contributed by atoms with E-state index in [0.717, 1.165) is 23.3 Å². The average Bonchev–Trinajstić information content (AvgIpc) is 2.76. The fourth-order valence-corrected chi connectivity index (χ4v) is 4.21. The molecular weight excluding hydrogens is 428 g/mol. The van der Waals surface area contributed by atoms with Gasteiger partial charge in [0, 0.05) is 35.2 Å². The number of benzene rings is 2. The molecule has 1 atom stereocenters. The normalized spacial score (nSPS) is 11.7. The highest BCUT2D eigenvalue weighted by molar-refractivity contribution is 7.99. The number of unbranched alkanes of at least 4 members (excludes halogenated alkanes) is 1. The second-order valence-electron chi connectivity index (χ2n) is 7.63. The van der Waals surface area contributed by atoms with Gasteiger partial charge in [-0.05, 0) is 49.6 Å². The second-order valence-corrected chi connectivity index (χ2v) is 9.23. The number of carbonyl (C=O) groups is 2. The molecule has 0 aliphatic carbocycles. The fraction of sp³-hybridized carbons (Fsp3) is 0.440. The lowest BCUT2D eigenvalue weighted by atomic mass is 10.1. The monoisotopic (exact) mass is 460 g/mol. The van der Waals surface area contributed by atoms with Crippen LogP contribution in [0.15, 0.2) is 53.4 Å². The van der Waals surface area contributed by atoms with Crippen LogP contribution in [0.4, 0.5) is 0 Å². The van der Waals surface area contributed by atoms with E-state index in [0.29, 0.717) is 36.7 Å². The Kier molecular flexibility index (Phi) is 11.0. The molecule has 0 radical (unpaired) electrons. The molecule has 2 amide bonds. The van der Waals surface area contributed by atoms with E-state index < -0.39 is 6.04 Å². The van der Waals surface area contributed by atoms with Crippen LogP contribution in [0, 0.1) is 6.92 Å². The Bertz CT molecular complexity index is 824. The highest BCUT2D eigenvalue weighted by Crippen LogP contribution is 2.21. The molecule has 0 aliphatic heterocycles. The summed E-state index contributed by atoms with van der Waals surface area (Å²) in [5, 5.41) is 3.65. The smallest absolute Gasteiger partial charge is 0.242 e. The van der Waals surface area contributed by atoms with E-state index >= 15 is 0 Å². The van der Waals surface area contributed by atoms with Gasteiger partial charge in [0.05, 0.1) is 0 Å². The summed E-state index contributed by atoms with van der Waals surface area (Å²) in [6.45, 7) is 7.13. The highest BCUT2D eigenvalue weighted by atomic mass is 35.5. The van der Waals surface area contributed by atoms with Gasteiger partial charge in [0.2, 0.25) is 11.8 Å². The topological polar surface area (TPSA) is 49.4 Å². The van der Waals surface area contributed by atoms with Crippen molar-refractivity contribution in [2.45, 2.75) is 63.9 Å². The van der Waals surface area contributed by atoms with Gasteiger partial charge in [-0.15, -0.1) is 11.8 Å². The minimum absolute atomic E-state index is 0.00736. The highest BCUT2D eigenvalue weighted by Gasteiger charge is 2.28. The Balaban J connectivity index is 2.08. The van der Waals surface area contributed by atoms with Crippen LogP contribution in [0.25, 0.3) is 0 Å². The van der Waals surface area contributed by atoms with Crippen molar-refractivity contribution in [1.29, 1.82) is 0 Å². The van der Waals surface area contributed by atoms with E-state index in [2.05, 4.69) is 43.4 Å². The first-order chi connectivity index (χ1) is 14.9. The summed E-state index contributed by atoms with van der Waals surface area (Å²) in [5.41, 5.74) is 2.18. The summed E-state index contributed by atoms with van der Waals surface area (Å²) in [5.74, 6) is 0.587. The third-order valence-electron chi connectivity index (χ3n) is 5.09. The molecule has 1 unspecified atom stereocenters. The molecule has 31 heavy (non-hydrogen) atoms. The lowest BCUT2D eigenvalue weighted by molar-refractivity contribution is -0.141. The van der Waals surface area contributed by atoms with Crippen LogP contribution < -0.4 is 5.32 Å². The summed E-state index contributed by atoms with van der Waals surface area (Å²) < 4.78 is 0. The Morgan fingerprint density at radius 3 is 2.35 bits per heavy atom. The quantitative estimate of drug-likeness (QED) is 0.319. The van der Waals surface area contributed by atoms with Crippen molar-refractivity contribution in [3.8, 4) is 0 Å². The maximum atomic E-state index is 13.2. The van der Waals surface area contributed by atoms with Crippen LogP contribution in [-0.2, 0) is 16.1 Å². The predicted molar refractivity (Wildman–Crippen MR) is 131 cm³/mol.